The topological polar surface area (TPSA) is 133 Å². The van der Waals surface area contributed by atoms with E-state index in [0.29, 0.717) is 42.8 Å². The molecule has 12 heteroatoms. The molecule has 228 valence electrons. The number of carbonyl (C=O) groups excluding carboxylic acids is 1. The van der Waals surface area contributed by atoms with Crippen LogP contribution >= 0.6 is 0 Å². The van der Waals surface area contributed by atoms with Gasteiger partial charge in [-0.1, -0.05) is 50.8 Å². The predicted molar refractivity (Wildman–Crippen MR) is 171 cm³/mol. The van der Waals surface area contributed by atoms with Crippen LogP contribution in [0.1, 0.15) is 36.5 Å². The van der Waals surface area contributed by atoms with Gasteiger partial charge in [-0.25, -0.2) is 4.39 Å². The molecule has 1 aliphatic rings. The molecule has 5 N–H and O–H groups in total. The number of aromatic amines is 1. The zero-order chi connectivity index (χ0) is 30.8. The molecule has 6 rings (SSSR count). The van der Waals surface area contributed by atoms with Crippen molar-refractivity contribution in [1.29, 1.82) is 0 Å². The molecule has 0 bridgehead atoms. The third-order valence-corrected chi connectivity index (χ3v) is 7.78. The van der Waals surface area contributed by atoms with Crippen LogP contribution in [0.15, 0.2) is 61.1 Å². The van der Waals surface area contributed by atoms with Gasteiger partial charge < -0.3 is 31.0 Å². The molecule has 2 aromatic carbocycles. The number of anilines is 3. The molecule has 1 unspecified atom stereocenters. The Morgan fingerprint density at radius 1 is 1.20 bits per heavy atom. The number of nitrogens with zero attached hydrogens (tertiary/aromatic N) is 4. The number of hydrogen-bond acceptors (Lipinski definition) is 8. The maximum absolute atomic E-state index is 13.4. The van der Waals surface area contributed by atoms with Gasteiger partial charge in [-0.05, 0) is 36.1 Å². The lowest BCUT2D eigenvalue weighted by Crippen LogP contribution is -2.42. The van der Waals surface area contributed by atoms with Crippen molar-refractivity contribution in [2.24, 2.45) is 0 Å². The number of morpholine rings is 1. The Bertz CT molecular complexity index is 1840. The first-order valence-electron chi connectivity index (χ1n) is 14.7. The number of aryl methyl sites for hydroxylation is 1. The van der Waals surface area contributed by atoms with Crippen LogP contribution in [-0.4, -0.2) is 62.8 Å². The van der Waals surface area contributed by atoms with Crippen molar-refractivity contribution in [2.75, 3.05) is 42.2 Å². The van der Waals surface area contributed by atoms with E-state index >= 15 is 0 Å². The molecule has 0 saturated carbocycles. The van der Waals surface area contributed by atoms with E-state index in [1.54, 1.807) is 10.6 Å². The van der Waals surface area contributed by atoms with Crippen molar-refractivity contribution in [3.8, 4) is 11.3 Å². The zero-order valence-corrected chi connectivity index (χ0v) is 25.0. The molecule has 44 heavy (non-hydrogen) atoms. The van der Waals surface area contributed by atoms with E-state index in [0.717, 1.165) is 52.1 Å². The first-order valence-corrected chi connectivity index (χ1v) is 14.7. The monoisotopic (exact) mass is 597 g/mol. The van der Waals surface area contributed by atoms with Gasteiger partial charge >= 0.3 is 0 Å². The first-order chi connectivity index (χ1) is 21.3. The van der Waals surface area contributed by atoms with Gasteiger partial charge in [-0.15, -0.1) is 0 Å². The summed E-state index contributed by atoms with van der Waals surface area (Å²) in [7, 11) is 0. The average Bonchev–Trinajstić information content (AvgIpc) is 3.65. The highest BCUT2D eigenvalue weighted by Gasteiger charge is 2.19. The number of carbonyl (C=O) groups is 1. The van der Waals surface area contributed by atoms with Crippen molar-refractivity contribution in [1.82, 2.24) is 29.9 Å². The van der Waals surface area contributed by atoms with Crippen LogP contribution in [0.25, 0.3) is 27.8 Å². The fraction of sp³-hybridized carbons (Fsp3) is 0.312. The summed E-state index contributed by atoms with van der Waals surface area (Å²) in [5, 5.41) is 18.3. The molecule has 1 atom stereocenters. The van der Waals surface area contributed by atoms with Crippen LogP contribution in [0.3, 0.4) is 0 Å². The van der Waals surface area contributed by atoms with Gasteiger partial charge in [-0.3, -0.25) is 4.79 Å². The summed E-state index contributed by atoms with van der Waals surface area (Å²) in [5.74, 6) is -0.620. The van der Waals surface area contributed by atoms with Crippen molar-refractivity contribution < 1.29 is 13.9 Å². The van der Waals surface area contributed by atoms with Crippen LogP contribution < -0.4 is 21.3 Å². The molecule has 0 spiro atoms. The molecule has 3 aromatic heterocycles. The standard InChI is InChI=1S/C32H36FN9O2/c1-18(2)24-17-37-42-29(24)40-31(35-15-22-14-34-11-12-44-22)41-32(42)36-16-25-19(3)7-5-9-23(25)27-13-21-8-6-10-26(28(21)38-27)39-30(43)20(4)33/h5-10,13,17-18,22,34,38H,4,11-12,14-16H2,1-3H3,(H,39,43)(H2,35,36,40,41). The number of benzene rings is 2. The highest BCUT2D eigenvalue weighted by molar-refractivity contribution is 6.07. The SMILES string of the molecule is C=C(F)C(=O)Nc1cccc2cc(-c3cccc(C)c3CNc3nc(NCC4CNCCO4)nc4c(C(C)C)cnn34)[nH]c12. The van der Waals surface area contributed by atoms with Gasteiger partial charge in [0, 0.05) is 48.4 Å². The molecule has 1 amide bonds. The number of fused-ring (bicyclic) bond motifs is 2. The van der Waals surface area contributed by atoms with E-state index in [9.17, 15) is 9.18 Å². The average molecular weight is 598 g/mol. The highest BCUT2D eigenvalue weighted by atomic mass is 19.1. The molecule has 1 fully saturated rings. The third kappa shape index (κ3) is 5.99. The molecule has 1 saturated heterocycles. The molecule has 5 aromatic rings. The molecule has 0 radical (unpaired) electrons. The summed E-state index contributed by atoms with van der Waals surface area (Å²) in [6, 6.07) is 13.6. The Kier molecular flexibility index (Phi) is 8.27. The third-order valence-electron chi connectivity index (χ3n) is 7.78. The summed E-state index contributed by atoms with van der Waals surface area (Å²) < 4.78 is 21.0. The van der Waals surface area contributed by atoms with E-state index in [4.69, 9.17) is 14.7 Å². The van der Waals surface area contributed by atoms with E-state index in [-0.39, 0.29) is 12.0 Å². The minimum Gasteiger partial charge on any atom is -0.374 e. The lowest BCUT2D eigenvalue weighted by molar-refractivity contribution is -0.114. The molecular weight excluding hydrogens is 561 g/mol. The Balaban J connectivity index is 1.31. The number of H-pyrrole nitrogens is 1. The van der Waals surface area contributed by atoms with Gasteiger partial charge in [-0.2, -0.15) is 19.6 Å². The second-order valence-corrected chi connectivity index (χ2v) is 11.2. The van der Waals surface area contributed by atoms with Gasteiger partial charge in [0.05, 0.1) is 30.1 Å². The van der Waals surface area contributed by atoms with E-state index < -0.39 is 11.7 Å². The number of hydrogen-bond donors (Lipinski definition) is 5. The fourth-order valence-electron chi connectivity index (χ4n) is 5.40. The summed E-state index contributed by atoms with van der Waals surface area (Å²) in [6.07, 6.45) is 1.88. The van der Waals surface area contributed by atoms with Gasteiger partial charge in [0.2, 0.25) is 11.9 Å². The highest BCUT2D eigenvalue weighted by Crippen LogP contribution is 2.32. The van der Waals surface area contributed by atoms with E-state index in [1.165, 1.54) is 0 Å². The lowest BCUT2D eigenvalue weighted by atomic mass is 9.99. The smallest absolute Gasteiger partial charge is 0.283 e. The van der Waals surface area contributed by atoms with Crippen LogP contribution in [0.4, 0.5) is 22.0 Å². The molecule has 11 nitrogen and oxygen atoms in total. The van der Waals surface area contributed by atoms with Crippen molar-refractivity contribution in [2.45, 2.75) is 39.3 Å². The van der Waals surface area contributed by atoms with Crippen molar-refractivity contribution >= 4 is 40.0 Å². The van der Waals surface area contributed by atoms with E-state index in [1.807, 2.05) is 36.5 Å². The number of rotatable bonds is 10. The molecule has 4 heterocycles. The second kappa shape index (κ2) is 12.4. The summed E-state index contributed by atoms with van der Waals surface area (Å²) in [6.45, 7) is 12.7. The second-order valence-electron chi connectivity index (χ2n) is 11.2. The fourth-order valence-corrected chi connectivity index (χ4v) is 5.40. The normalized spacial score (nSPS) is 15.2. The Morgan fingerprint density at radius 2 is 2.05 bits per heavy atom. The van der Waals surface area contributed by atoms with Crippen molar-refractivity contribution in [3.63, 3.8) is 0 Å². The predicted octanol–water partition coefficient (Wildman–Crippen LogP) is 5.14. The van der Waals surface area contributed by atoms with Crippen LogP contribution in [0.5, 0.6) is 0 Å². The maximum Gasteiger partial charge on any atom is 0.283 e. The Morgan fingerprint density at radius 3 is 2.82 bits per heavy atom. The van der Waals surface area contributed by atoms with Crippen LogP contribution in [-0.2, 0) is 16.1 Å². The summed E-state index contributed by atoms with van der Waals surface area (Å²) in [5.41, 5.74) is 6.93. The van der Waals surface area contributed by atoms with Crippen molar-refractivity contribution in [3.05, 3.63) is 77.8 Å². The Labute approximate surface area is 254 Å². The lowest BCUT2D eigenvalue weighted by Gasteiger charge is -2.23. The minimum atomic E-state index is -1.05. The summed E-state index contributed by atoms with van der Waals surface area (Å²) in [4.78, 5) is 25.0. The van der Waals surface area contributed by atoms with E-state index in [2.05, 4.69) is 64.8 Å². The largest absolute Gasteiger partial charge is 0.374 e. The number of ether oxygens (including phenoxy) is 1. The first kappa shape index (κ1) is 29.3. The van der Waals surface area contributed by atoms with Gasteiger partial charge in [0.25, 0.3) is 5.91 Å². The van der Waals surface area contributed by atoms with Crippen LogP contribution in [0.2, 0.25) is 0 Å². The number of amides is 1. The number of halogens is 1. The maximum atomic E-state index is 13.4. The number of para-hydroxylation sites is 1. The van der Waals surface area contributed by atoms with Gasteiger partial charge in [0.1, 0.15) is 0 Å². The van der Waals surface area contributed by atoms with Crippen LogP contribution in [0, 0.1) is 6.92 Å². The molecular formula is C32H36FN9O2. The quantitative estimate of drug-likeness (QED) is 0.140. The minimum absolute atomic E-state index is 0.0323. The Hall–Kier alpha value is -4.81. The molecule has 1 aliphatic heterocycles. The summed E-state index contributed by atoms with van der Waals surface area (Å²) >= 11 is 0. The van der Waals surface area contributed by atoms with Gasteiger partial charge in [0.15, 0.2) is 11.5 Å². The number of aromatic nitrogens is 5. The molecule has 0 aliphatic carbocycles. The zero-order valence-electron chi connectivity index (χ0n) is 25.0. The number of nitrogens with one attached hydrogen (secondary N) is 5.